The summed E-state index contributed by atoms with van der Waals surface area (Å²) in [5, 5.41) is 37.7. The molecule has 24 heavy (non-hydrogen) atoms. The largest absolute Gasteiger partial charge is 0.443 e. The van der Waals surface area contributed by atoms with Gasteiger partial charge in [-0.25, -0.2) is 0 Å². The molecule has 1 aromatic rings. The van der Waals surface area contributed by atoms with Crippen molar-refractivity contribution in [2.24, 2.45) is 16.7 Å². The van der Waals surface area contributed by atoms with E-state index in [0.717, 1.165) is 0 Å². The molecular formula is C18H14N4O2. The van der Waals surface area contributed by atoms with Crippen molar-refractivity contribution in [1.82, 2.24) is 0 Å². The van der Waals surface area contributed by atoms with Crippen LogP contribution in [0.2, 0.25) is 0 Å². The van der Waals surface area contributed by atoms with Gasteiger partial charge in [0.15, 0.2) is 5.41 Å². The maximum absolute atomic E-state index is 9.92. The minimum absolute atomic E-state index is 0.422. The van der Waals surface area contributed by atoms with Gasteiger partial charge >= 0.3 is 0 Å². The first-order valence-corrected chi connectivity index (χ1v) is 7.36. The Hall–Kier alpha value is -3.14. The van der Waals surface area contributed by atoms with Crippen LogP contribution in [0.3, 0.4) is 0 Å². The van der Waals surface area contributed by atoms with Crippen LogP contribution in [0.4, 0.5) is 0 Å². The zero-order valence-electron chi connectivity index (χ0n) is 13.0. The number of fused-ring (bicyclic) bond motifs is 2. The third-order valence-corrected chi connectivity index (χ3v) is 5.10. The van der Waals surface area contributed by atoms with Crippen LogP contribution in [0.25, 0.3) is 0 Å². The van der Waals surface area contributed by atoms with Crippen molar-refractivity contribution in [2.75, 3.05) is 0 Å². The Labute approximate surface area is 139 Å². The lowest BCUT2D eigenvalue weighted by Gasteiger charge is -2.47. The average molecular weight is 318 g/mol. The van der Waals surface area contributed by atoms with Gasteiger partial charge in [-0.2, -0.15) is 15.8 Å². The number of hydrogen-bond acceptors (Lipinski definition) is 6. The number of nitriles is 3. The molecule has 2 saturated heterocycles. The van der Waals surface area contributed by atoms with Crippen LogP contribution in [-0.4, -0.2) is 12.0 Å². The first-order valence-electron chi connectivity index (χ1n) is 7.36. The van der Waals surface area contributed by atoms with Crippen molar-refractivity contribution in [3.63, 3.8) is 0 Å². The SMILES string of the molecule is C=CC1OC2(c3ccccc3)OC(=N)C(C#N)(C2C)C1(C#N)C#N. The third-order valence-electron chi connectivity index (χ3n) is 5.10. The van der Waals surface area contributed by atoms with E-state index in [4.69, 9.17) is 14.9 Å². The van der Waals surface area contributed by atoms with E-state index in [2.05, 4.69) is 6.58 Å². The highest BCUT2D eigenvalue weighted by atomic mass is 16.7. The van der Waals surface area contributed by atoms with E-state index in [1.807, 2.05) is 24.3 Å². The van der Waals surface area contributed by atoms with E-state index in [1.165, 1.54) is 6.08 Å². The molecule has 0 aliphatic carbocycles. The number of ether oxygens (including phenoxy) is 2. The highest BCUT2D eigenvalue weighted by molar-refractivity contribution is 5.89. The smallest absolute Gasteiger partial charge is 0.244 e. The maximum Gasteiger partial charge on any atom is 0.244 e. The minimum atomic E-state index is -1.91. The molecule has 6 heteroatoms. The normalized spacial score (nSPS) is 35.8. The van der Waals surface area contributed by atoms with Gasteiger partial charge < -0.3 is 9.47 Å². The summed E-state index contributed by atoms with van der Waals surface area (Å²) in [5.74, 6) is -2.57. The standard InChI is InChI=1S/C18H14N4O2/c1-3-14-16(9-19,10-20)17(11-21)12(2)18(23-14,24-15(17)22)13-7-5-4-6-8-13/h3-8,12,14,22H,1H2,2H3. The summed E-state index contributed by atoms with van der Waals surface area (Å²) in [6.07, 6.45) is 0.246. The molecule has 2 heterocycles. The van der Waals surface area contributed by atoms with Crippen LogP contribution in [0.15, 0.2) is 43.0 Å². The zero-order valence-corrected chi connectivity index (χ0v) is 13.0. The van der Waals surface area contributed by atoms with Crippen molar-refractivity contribution in [3.05, 3.63) is 48.6 Å². The van der Waals surface area contributed by atoms with Crippen LogP contribution in [0.1, 0.15) is 12.5 Å². The molecule has 118 valence electrons. The van der Waals surface area contributed by atoms with Crippen LogP contribution in [0.5, 0.6) is 0 Å². The molecule has 2 aliphatic heterocycles. The molecule has 0 amide bonds. The lowest BCUT2D eigenvalue weighted by Crippen LogP contribution is -2.60. The molecule has 0 saturated carbocycles. The van der Waals surface area contributed by atoms with E-state index in [1.54, 1.807) is 31.2 Å². The third kappa shape index (κ3) is 1.43. The van der Waals surface area contributed by atoms with E-state index in [-0.39, 0.29) is 0 Å². The topological polar surface area (TPSA) is 114 Å². The van der Waals surface area contributed by atoms with Crippen LogP contribution in [-0.2, 0) is 15.3 Å². The Morgan fingerprint density at radius 2 is 1.79 bits per heavy atom. The monoisotopic (exact) mass is 318 g/mol. The number of nitrogens with one attached hydrogen (secondary N) is 1. The Morgan fingerprint density at radius 1 is 1.17 bits per heavy atom. The second kappa shape index (κ2) is 4.93. The molecule has 3 rings (SSSR count). The Bertz CT molecular complexity index is 831. The van der Waals surface area contributed by atoms with E-state index < -0.39 is 34.5 Å². The van der Waals surface area contributed by atoms with Crippen LogP contribution >= 0.6 is 0 Å². The summed E-state index contributed by atoms with van der Waals surface area (Å²) < 4.78 is 11.8. The summed E-state index contributed by atoms with van der Waals surface area (Å²) in [5.41, 5.74) is -3.03. The van der Waals surface area contributed by atoms with Gasteiger partial charge in [0.2, 0.25) is 17.1 Å². The lowest BCUT2D eigenvalue weighted by molar-refractivity contribution is -0.273. The Balaban J connectivity index is 2.35. The number of rotatable bonds is 2. The number of nitrogens with zero attached hydrogens (tertiary/aromatic N) is 3. The van der Waals surface area contributed by atoms with Crippen molar-refractivity contribution in [2.45, 2.75) is 18.8 Å². The summed E-state index contributed by atoms with van der Waals surface area (Å²) in [6.45, 7) is 5.32. The highest BCUT2D eigenvalue weighted by Crippen LogP contribution is 2.65. The first-order chi connectivity index (χ1) is 11.5. The molecule has 2 fully saturated rings. The molecule has 2 bridgehead atoms. The minimum Gasteiger partial charge on any atom is -0.443 e. The van der Waals surface area contributed by atoms with Gasteiger partial charge in [-0.05, 0) is 0 Å². The van der Waals surface area contributed by atoms with Gasteiger partial charge in [-0.15, -0.1) is 6.58 Å². The van der Waals surface area contributed by atoms with Crippen LogP contribution in [0, 0.1) is 56.2 Å². The molecule has 6 nitrogen and oxygen atoms in total. The summed E-state index contributed by atoms with van der Waals surface area (Å²) >= 11 is 0. The van der Waals surface area contributed by atoms with Gasteiger partial charge in [0.25, 0.3) is 0 Å². The molecule has 1 N–H and O–H groups in total. The Morgan fingerprint density at radius 3 is 2.29 bits per heavy atom. The molecule has 2 aliphatic rings. The second-order valence-electron chi connectivity index (χ2n) is 5.91. The molecule has 4 atom stereocenters. The van der Waals surface area contributed by atoms with Crippen molar-refractivity contribution in [3.8, 4) is 18.2 Å². The van der Waals surface area contributed by atoms with Gasteiger partial charge in [0.1, 0.15) is 6.10 Å². The lowest BCUT2D eigenvalue weighted by atomic mass is 9.54. The van der Waals surface area contributed by atoms with Crippen molar-refractivity contribution >= 4 is 5.90 Å². The van der Waals surface area contributed by atoms with Crippen molar-refractivity contribution in [1.29, 1.82) is 21.2 Å². The average Bonchev–Trinajstić information content (AvgIpc) is 2.79. The Kier molecular flexibility index (Phi) is 3.23. The van der Waals surface area contributed by atoms with Gasteiger partial charge in [0.05, 0.1) is 24.1 Å². The van der Waals surface area contributed by atoms with Crippen LogP contribution < -0.4 is 0 Å². The summed E-state index contributed by atoms with van der Waals surface area (Å²) in [6, 6.07) is 14.8. The second-order valence-corrected chi connectivity index (χ2v) is 5.91. The molecule has 4 unspecified atom stereocenters. The molecule has 1 aromatic carbocycles. The molecule has 0 aromatic heterocycles. The molecule has 0 radical (unpaired) electrons. The number of hydrogen-bond donors (Lipinski definition) is 1. The first kappa shape index (κ1) is 15.7. The van der Waals surface area contributed by atoms with E-state index in [0.29, 0.717) is 5.56 Å². The van der Waals surface area contributed by atoms with Gasteiger partial charge in [-0.1, -0.05) is 43.3 Å². The number of benzene rings is 1. The quantitative estimate of drug-likeness (QED) is 0.842. The van der Waals surface area contributed by atoms with E-state index >= 15 is 0 Å². The fraction of sp³-hybridized carbons (Fsp3) is 0.333. The van der Waals surface area contributed by atoms with Crippen molar-refractivity contribution < 1.29 is 9.47 Å². The van der Waals surface area contributed by atoms with Gasteiger partial charge in [-0.3, -0.25) is 5.41 Å². The molecule has 0 spiro atoms. The predicted molar refractivity (Wildman–Crippen MR) is 82.9 cm³/mol. The predicted octanol–water partition coefficient (Wildman–Crippen LogP) is 2.61. The fourth-order valence-corrected chi connectivity index (χ4v) is 3.79. The van der Waals surface area contributed by atoms with E-state index in [9.17, 15) is 15.8 Å². The summed E-state index contributed by atoms with van der Waals surface area (Å²) in [4.78, 5) is 0. The highest BCUT2D eigenvalue weighted by Gasteiger charge is 2.79. The fourth-order valence-electron chi connectivity index (χ4n) is 3.79. The summed E-state index contributed by atoms with van der Waals surface area (Å²) in [7, 11) is 0. The van der Waals surface area contributed by atoms with Gasteiger partial charge in [0, 0.05) is 5.56 Å². The zero-order chi connectivity index (χ0) is 17.6. The molecular weight excluding hydrogens is 304 g/mol. The maximum atomic E-state index is 9.92.